The van der Waals surface area contributed by atoms with Gasteiger partial charge in [0.05, 0.1) is 17.6 Å². The summed E-state index contributed by atoms with van der Waals surface area (Å²) in [5, 5.41) is 0. The normalized spacial score (nSPS) is 12.5. The Kier molecular flexibility index (Phi) is 5.94. The van der Waals surface area contributed by atoms with E-state index >= 15 is 0 Å². The van der Waals surface area contributed by atoms with Crippen LogP contribution in [0.1, 0.15) is 31.5 Å². The summed E-state index contributed by atoms with van der Waals surface area (Å²) in [6, 6.07) is 4.13. The molecule has 96 valence electrons. The van der Waals surface area contributed by atoms with Crippen molar-refractivity contribution >= 4 is 5.69 Å². The number of nitrogens with zero attached hydrogens (tertiary/aromatic N) is 2. The zero-order chi connectivity index (χ0) is 12.7. The van der Waals surface area contributed by atoms with Gasteiger partial charge in [-0.15, -0.1) is 0 Å². The van der Waals surface area contributed by atoms with Crippen LogP contribution in [0.15, 0.2) is 18.3 Å². The van der Waals surface area contributed by atoms with Gasteiger partial charge in [-0.2, -0.15) is 0 Å². The van der Waals surface area contributed by atoms with E-state index in [-0.39, 0.29) is 6.04 Å². The van der Waals surface area contributed by atoms with E-state index in [1.165, 1.54) is 0 Å². The fourth-order valence-corrected chi connectivity index (χ4v) is 1.63. The molecule has 0 amide bonds. The maximum atomic E-state index is 5.93. The molecule has 0 saturated heterocycles. The predicted octanol–water partition coefficient (Wildman–Crippen LogP) is 1.96. The minimum absolute atomic E-state index is 0.0443. The van der Waals surface area contributed by atoms with E-state index in [4.69, 9.17) is 10.5 Å². The van der Waals surface area contributed by atoms with Crippen LogP contribution in [0.2, 0.25) is 0 Å². The maximum Gasteiger partial charge on any atom is 0.0572 e. The first-order valence-corrected chi connectivity index (χ1v) is 6.10. The first-order valence-electron chi connectivity index (χ1n) is 6.10. The highest BCUT2D eigenvalue weighted by molar-refractivity contribution is 5.43. The van der Waals surface area contributed by atoms with Gasteiger partial charge in [-0.1, -0.05) is 6.92 Å². The second-order valence-electron chi connectivity index (χ2n) is 4.22. The molecule has 1 aromatic rings. The number of aromatic nitrogens is 1. The largest absolute Gasteiger partial charge is 0.385 e. The Bertz CT molecular complexity index is 313. The fraction of sp³-hybridized carbons (Fsp3) is 0.615. The first kappa shape index (κ1) is 13.9. The molecule has 0 aliphatic carbocycles. The van der Waals surface area contributed by atoms with Crippen LogP contribution in [-0.4, -0.2) is 32.3 Å². The van der Waals surface area contributed by atoms with Crippen LogP contribution in [0.5, 0.6) is 0 Å². The Morgan fingerprint density at radius 1 is 1.47 bits per heavy atom. The van der Waals surface area contributed by atoms with Crippen LogP contribution in [0.25, 0.3) is 0 Å². The van der Waals surface area contributed by atoms with Crippen LogP contribution in [0.3, 0.4) is 0 Å². The fourth-order valence-electron chi connectivity index (χ4n) is 1.63. The van der Waals surface area contributed by atoms with Crippen molar-refractivity contribution in [3.05, 3.63) is 24.0 Å². The lowest BCUT2D eigenvalue weighted by molar-refractivity contribution is 0.196. The average Bonchev–Trinajstić information content (AvgIpc) is 2.38. The van der Waals surface area contributed by atoms with Crippen LogP contribution >= 0.6 is 0 Å². The van der Waals surface area contributed by atoms with Gasteiger partial charge in [0.2, 0.25) is 0 Å². The van der Waals surface area contributed by atoms with Crippen LogP contribution in [-0.2, 0) is 4.74 Å². The van der Waals surface area contributed by atoms with Crippen molar-refractivity contribution < 1.29 is 4.74 Å². The van der Waals surface area contributed by atoms with Gasteiger partial charge < -0.3 is 15.4 Å². The molecular formula is C13H23N3O. The third-order valence-corrected chi connectivity index (χ3v) is 2.87. The van der Waals surface area contributed by atoms with Gasteiger partial charge >= 0.3 is 0 Å². The summed E-state index contributed by atoms with van der Waals surface area (Å²) in [7, 11) is 3.79. The summed E-state index contributed by atoms with van der Waals surface area (Å²) < 4.78 is 5.03. The molecule has 0 bridgehead atoms. The van der Waals surface area contributed by atoms with Crippen LogP contribution in [0, 0.1) is 0 Å². The molecule has 0 unspecified atom stereocenters. The highest BCUT2D eigenvalue weighted by Crippen LogP contribution is 2.16. The van der Waals surface area contributed by atoms with Crippen molar-refractivity contribution in [2.75, 3.05) is 32.2 Å². The molecule has 1 rings (SSSR count). The summed E-state index contributed by atoms with van der Waals surface area (Å²) in [6.45, 7) is 3.82. The number of pyridine rings is 1. The van der Waals surface area contributed by atoms with Gasteiger partial charge in [0.1, 0.15) is 0 Å². The van der Waals surface area contributed by atoms with Crippen LogP contribution < -0.4 is 10.6 Å². The molecule has 17 heavy (non-hydrogen) atoms. The van der Waals surface area contributed by atoms with Crippen molar-refractivity contribution in [3.63, 3.8) is 0 Å². The third kappa shape index (κ3) is 4.32. The molecule has 1 heterocycles. The molecule has 1 atom stereocenters. The summed E-state index contributed by atoms with van der Waals surface area (Å²) in [5.41, 5.74) is 8.00. The van der Waals surface area contributed by atoms with Gasteiger partial charge in [-0.05, 0) is 25.0 Å². The van der Waals surface area contributed by atoms with E-state index in [1.807, 2.05) is 12.3 Å². The van der Waals surface area contributed by atoms with Crippen molar-refractivity contribution in [3.8, 4) is 0 Å². The quantitative estimate of drug-likeness (QED) is 0.737. The maximum absolute atomic E-state index is 5.93. The Hall–Kier alpha value is -1.13. The molecule has 2 N–H and O–H groups in total. The monoisotopic (exact) mass is 237 g/mol. The van der Waals surface area contributed by atoms with E-state index in [9.17, 15) is 0 Å². The highest BCUT2D eigenvalue weighted by Gasteiger charge is 2.06. The lowest BCUT2D eigenvalue weighted by Crippen LogP contribution is -2.20. The molecule has 0 aromatic carbocycles. The highest BCUT2D eigenvalue weighted by atomic mass is 16.5. The molecular weight excluding hydrogens is 214 g/mol. The standard InChI is InChI=1S/C13H23N3O/c1-4-12(14)13-7-6-11(10-15-13)16(2)8-5-9-17-3/h6-7,10,12H,4-5,8-9,14H2,1-3H3/t12-/m1/s1. The van der Waals surface area contributed by atoms with E-state index in [2.05, 4.69) is 29.9 Å². The lowest BCUT2D eigenvalue weighted by Gasteiger charge is -2.19. The second-order valence-corrected chi connectivity index (χ2v) is 4.22. The zero-order valence-corrected chi connectivity index (χ0v) is 11.0. The number of methoxy groups -OCH3 is 1. The van der Waals surface area contributed by atoms with E-state index in [1.54, 1.807) is 7.11 Å². The summed E-state index contributed by atoms with van der Waals surface area (Å²) in [4.78, 5) is 6.57. The molecule has 4 nitrogen and oxygen atoms in total. The Morgan fingerprint density at radius 2 is 2.24 bits per heavy atom. The average molecular weight is 237 g/mol. The molecule has 1 aromatic heterocycles. The Labute approximate surface area is 104 Å². The van der Waals surface area contributed by atoms with E-state index < -0.39 is 0 Å². The van der Waals surface area contributed by atoms with Crippen molar-refractivity contribution in [2.45, 2.75) is 25.8 Å². The second kappa shape index (κ2) is 7.25. The number of hydrogen-bond acceptors (Lipinski definition) is 4. The summed E-state index contributed by atoms with van der Waals surface area (Å²) in [6.07, 6.45) is 3.82. The SMILES string of the molecule is CC[C@@H](N)c1ccc(N(C)CCCOC)cn1. The molecule has 0 spiro atoms. The molecule has 0 aliphatic rings. The van der Waals surface area contributed by atoms with Gasteiger partial charge in [0.15, 0.2) is 0 Å². The van der Waals surface area contributed by atoms with Gasteiger partial charge in [0.25, 0.3) is 0 Å². The third-order valence-electron chi connectivity index (χ3n) is 2.87. The van der Waals surface area contributed by atoms with Gasteiger partial charge in [-0.3, -0.25) is 4.98 Å². The molecule has 0 saturated carbocycles. The summed E-state index contributed by atoms with van der Waals surface area (Å²) >= 11 is 0. The number of ether oxygens (including phenoxy) is 1. The first-order chi connectivity index (χ1) is 8.19. The minimum Gasteiger partial charge on any atom is -0.385 e. The smallest absolute Gasteiger partial charge is 0.0572 e. The predicted molar refractivity (Wildman–Crippen MR) is 71.2 cm³/mol. The molecule has 4 heteroatoms. The number of hydrogen-bond donors (Lipinski definition) is 1. The van der Waals surface area contributed by atoms with E-state index in [0.717, 1.165) is 37.4 Å². The van der Waals surface area contributed by atoms with Gasteiger partial charge in [0, 0.05) is 33.4 Å². The van der Waals surface area contributed by atoms with E-state index in [0.29, 0.717) is 0 Å². The lowest BCUT2D eigenvalue weighted by atomic mass is 10.1. The Morgan fingerprint density at radius 3 is 2.76 bits per heavy atom. The van der Waals surface area contributed by atoms with Crippen molar-refractivity contribution in [1.82, 2.24) is 4.98 Å². The summed E-state index contributed by atoms with van der Waals surface area (Å²) in [5.74, 6) is 0. The van der Waals surface area contributed by atoms with Crippen LogP contribution in [0.4, 0.5) is 5.69 Å². The van der Waals surface area contributed by atoms with Crippen molar-refractivity contribution in [2.24, 2.45) is 5.73 Å². The minimum atomic E-state index is 0.0443. The van der Waals surface area contributed by atoms with Gasteiger partial charge in [-0.25, -0.2) is 0 Å². The Balaban J connectivity index is 2.54. The molecule has 0 aliphatic heterocycles. The molecule has 0 fully saturated rings. The number of nitrogens with two attached hydrogens (primary N) is 1. The number of rotatable bonds is 7. The van der Waals surface area contributed by atoms with Crippen molar-refractivity contribution in [1.29, 1.82) is 0 Å². The molecule has 0 radical (unpaired) electrons. The zero-order valence-electron chi connectivity index (χ0n) is 11.0. The number of anilines is 1. The topological polar surface area (TPSA) is 51.4 Å².